The second-order valence-corrected chi connectivity index (χ2v) is 13.3. The molecule has 2 heteroatoms. The molecule has 200 valence electrons. The quantitative estimate of drug-likeness (QED) is 0.309. The molecule has 1 fully saturated rings. The van der Waals surface area contributed by atoms with Gasteiger partial charge in [0.1, 0.15) is 0 Å². The van der Waals surface area contributed by atoms with Crippen molar-refractivity contribution in [2.24, 2.45) is 11.3 Å². The molecule has 39 heavy (non-hydrogen) atoms. The van der Waals surface area contributed by atoms with Gasteiger partial charge in [-0.2, -0.15) is 0 Å². The minimum absolute atomic E-state index is 0.237. The molecule has 1 nitrogen and oxygen atoms in total. The van der Waals surface area contributed by atoms with Crippen LogP contribution in [0, 0.1) is 18.3 Å². The Bertz CT molecular complexity index is 1400. The SMILES string of the molecule is Cc1ccccc1B1C=CC=C(c2ccccc2)N1C[C@]1(C)CCC[C@]2(C)c3ccc(C(C)C)cc3CC[C@@H]12. The van der Waals surface area contributed by atoms with Gasteiger partial charge in [0.05, 0.1) is 0 Å². The molecule has 3 aliphatic rings. The van der Waals surface area contributed by atoms with Crippen LogP contribution in [0.3, 0.4) is 0 Å². The van der Waals surface area contributed by atoms with Crippen LogP contribution in [0.25, 0.3) is 5.70 Å². The molecule has 1 saturated carbocycles. The highest BCUT2D eigenvalue weighted by Crippen LogP contribution is 2.58. The normalized spacial score (nSPS) is 26.3. The molecule has 3 aromatic carbocycles. The smallest absolute Gasteiger partial charge is 0.316 e. The summed E-state index contributed by atoms with van der Waals surface area (Å²) in [4.78, 5) is 2.75. The van der Waals surface area contributed by atoms with Crippen molar-refractivity contribution in [2.75, 3.05) is 6.54 Å². The van der Waals surface area contributed by atoms with Crippen molar-refractivity contribution in [1.29, 1.82) is 0 Å². The second kappa shape index (κ2) is 10.2. The van der Waals surface area contributed by atoms with Gasteiger partial charge in [0.25, 0.3) is 0 Å². The van der Waals surface area contributed by atoms with E-state index in [-0.39, 0.29) is 17.7 Å². The Morgan fingerprint density at radius 3 is 2.49 bits per heavy atom. The molecule has 0 bridgehead atoms. The van der Waals surface area contributed by atoms with Gasteiger partial charge < -0.3 is 4.81 Å². The number of hydrogen-bond acceptors (Lipinski definition) is 1. The molecule has 0 amide bonds. The van der Waals surface area contributed by atoms with Gasteiger partial charge in [-0.05, 0) is 89.1 Å². The first-order valence-electron chi connectivity index (χ1n) is 15.2. The van der Waals surface area contributed by atoms with Crippen molar-refractivity contribution in [1.82, 2.24) is 4.81 Å². The van der Waals surface area contributed by atoms with Gasteiger partial charge in [-0.1, -0.05) is 125 Å². The molecule has 0 unspecified atom stereocenters. The number of fused-ring (bicyclic) bond motifs is 3. The lowest BCUT2D eigenvalue weighted by atomic mass is 9.47. The Kier molecular flexibility index (Phi) is 6.86. The average Bonchev–Trinajstić information content (AvgIpc) is 2.93. The predicted molar refractivity (Wildman–Crippen MR) is 168 cm³/mol. The van der Waals surface area contributed by atoms with E-state index < -0.39 is 0 Å². The highest BCUT2D eigenvalue weighted by molar-refractivity contribution is 6.77. The molecule has 1 heterocycles. The molecule has 3 atom stereocenters. The molecular formula is C37H44BN. The van der Waals surface area contributed by atoms with Gasteiger partial charge in [-0.3, -0.25) is 0 Å². The summed E-state index contributed by atoms with van der Waals surface area (Å²) in [6.45, 7) is 13.5. The monoisotopic (exact) mass is 513 g/mol. The summed E-state index contributed by atoms with van der Waals surface area (Å²) in [5.74, 6) is 3.69. The highest BCUT2D eigenvalue weighted by Gasteiger charge is 2.52. The molecule has 6 rings (SSSR count). The van der Waals surface area contributed by atoms with Crippen LogP contribution in [0.15, 0.2) is 90.9 Å². The summed E-state index contributed by atoms with van der Waals surface area (Å²) in [5, 5.41) is 0. The van der Waals surface area contributed by atoms with Crippen LogP contribution in [0.4, 0.5) is 0 Å². The molecular weight excluding hydrogens is 469 g/mol. The number of rotatable bonds is 5. The van der Waals surface area contributed by atoms with E-state index in [1.54, 1.807) is 11.1 Å². The van der Waals surface area contributed by atoms with Crippen molar-refractivity contribution >= 4 is 18.0 Å². The first-order chi connectivity index (χ1) is 18.8. The molecule has 2 aliphatic carbocycles. The Morgan fingerprint density at radius 1 is 0.949 bits per heavy atom. The van der Waals surface area contributed by atoms with E-state index in [2.05, 4.69) is 130 Å². The van der Waals surface area contributed by atoms with Crippen molar-refractivity contribution in [2.45, 2.75) is 78.1 Å². The fourth-order valence-electron chi connectivity index (χ4n) is 8.43. The maximum absolute atomic E-state index is 2.75. The van der Waals surface area contributed by atoms with Crippen molar-refractivity contribution in [3.8, 4) is 0 Å². The van der Waals surface area contributed by atoms with Crippen LogP contribution in [-0.4, -0.2) is 18.2 Å². The number of benzene rings is 3. The fourth-order valence-corrected chi connectivity index (χ4v) is 8.43. The largest absolute Gasteiger partial charge is 0.406 e. The van der Waals surface area contributed by atoms with E-state index in [0.29, 0.717) is 11.8 Å². The van der Waals surface area contributed by atoms with Crippen molar-refractivity contribution in [3.63, 3.8) is 0 Å². The van der Waals surface area contributed by atoms with Gasteiger partial charge in [-0.15, -0.1) is 0 Å². The molecule has 0 aromatic heterocycles. The van der Waals surface area contributed by atoms with E-state index >= 15 is 0 Å². The lowest BCUT2D eigenvalue weighted by Crippen LogP contribution is -2.57. The Hall–Kier alpha value is -3.00. The molecule has 0 spiro atoms. The van der Waals surface area contributed by atoms with Crippen LogP contribution >= 0.6 is 0 Å². The summed E-state index contributed by atoms with van der Waals surface area (Å²) >= 11 is 0. The second-order valence-electron chi connectivity index (χ2n) is 13.3. The molecule has 0 saturated heterocycles. The maximum Gasteiger partial charge on any atom is 0.316 e. The summed E-state index contributed by atoms with van der Waals surface area (Å²) in [5.41, 5.74) is 10.7. The topological polar surface area (TPSA) is 3.24 Å². The zero-order valence-corrected chi connectivity index (χ0v) is 24.6. The summed E-state index contributed by atoms with van der Waals surface area (Å²) in [7, 11) is 0. The Labute approximate surface area is 237 Å². The Balaban J connectivity index is 1.40. The predicted octanol–water partition coefficient (Wildman–Crippen LogP) is 8.48. The van der Waals surface area contributed by atoms with E-state index in [9.17, 15) is 0 Å². The average molecular weight is 514 g/mol. The van der Waals surface area contributed by atoms with Crippen LogP contribution in [0.1, 0.15) is 87.1 Å². The number of aryl methyl sites for hydroxylation is 2. The zero-order valence-electron chi connectivity index (χ0n) is 24.6. The molecule has 1 aliphatic heterocycles. The van der Waals surface area contributed by atoms with Crippen LogP contribution < -0.4 is 5.46 Å². The Morgan fingerprint density at radius 2 is 1.72 bits per heavy atom. The standard InChI is InChI=1S/C37H44BN/c1-27(2)30-18-20-32-31(25-30)19-21-35-36(4,22-12-23-37(32,35)5)26-39-34(29-14-7-6-8-15-29)17-11-24-38(39)33-16-10-9-13-28(33)3/h6-11,13-18,20,24-25,27,35H,12,19,21-23,26H2,1-5H3/t35-,36-,37+/m0/s1. The van der Waals surface area contributed by atoms with Crippen LogP contribution in [-0.2, 0) is 11.8 Å². The summed E-state index contributed by atoms with van der Waals surface area (Å²) in [6, 6.07) is 27.5. The van der Waals surface area contributed by atoms with Gasteiger partial charge >= 0.3 is 6.85 Å². The highest BCUT2D eigenvalue weighted by atomic mass is 15.1. The maximum atomic E-state index is 2.75. The minimum Gasteiger partial charge on any atom is -0.406 e. The third kappa shape index (κ3) is 4.60. The van der Waals surface area contributed by atoms with E-state index in [1.807, 2.05) is 0 Å². The third-order valence-electron chi connectivity index (χ3n) is 10.5. The van der Waals surface area contributed by atoms with E-state index in [1.165, 1.54) is 60.0 Å². The molecule has 3 aromatic rings. The summed E-state index contributed by atoms with van der Waals surface area (Å²) < 4.78 is 0. The first-order valence-corrected chi connectivity index (χ1v) is 15.2. The molecule has 0 radical (unpaired) electrons. The van der Waals surface area contributed by atoms with Crippen molar-refractivity contribution in [3.05, 3.63) is 119 Å². The lowest BCUT2D eigenvalue weighted by Gasteiger charge is -2.57. The zero-order chi connectivity index (χ0) is 27.2. The van der Waals surface area contributed by atoms with Gasteiger partial charge in [0.2, 0.25) is 0 Å². The van der Waals surface area contributed by atoms with Crippen LogP contribution in [0.2, 0.25) is 0 Å². The molecule has 0 N–H and O–H groups in total. The fraction of sp³-hybridized carbons (Fsp3) is 0.405. The van der Waals surface area contributed by atoms with E-state index in [4.69, 9.17) is 0 Å². The van der Waals surface area contributed by atoms with Gasteiger partial charge in [0, 0.05) is 12.2 Å². The van der Waals surface area contributed by atoms with Gasteiger partial charge in [-0.25, -0.2) is 0 Å². The van der Waals surface area contributed by atoms with Crippen LogP contribution in [0.5, 0.6) is 0 Å². The third-order valence-corrected chi connectivity index (χ3v) is 10.5. The summed E-state index contributed by atoms with van der Waals surface area (Å²) in [6.07, 6.45) is 11.1. The van der Waals surface area contributed by atoms with Crippen molar-refractivity contribution < 1.29 is 0 Å². The number of allylic oxidation sites excluding steroid dienone is 2. The first kappa shape index (κ1) is 26.2. The van der Waals surface area contributed by atoms with E-state index in [0.717, 1.165) is 6.54 Å². The minimum atomic E-state index is 0.237. The number of hydrogen-bond donors (Lipinski definition) is 0. The number of nitrogens with zero attached hydrogens (tertiary/aromatic N) is 1. The lowest BCUT2D eigenvalue weighted by molar-refractivity contribution is 0.0180. The van der Waals surface area contributed by atoms with Gasteiger partial charge in [0.15, 0.2) is 0 Å².